The molecule has 1 aliphatic heterocycles. The van der Waals surface area contributed by atoms with Crippen molar-refractivity contribution in [3.05, 3.63) is 72.1 Å². The molecule has 63 heavy (non-hydrogen) atoms. The highest BCUT2D eigenvalue weighted by Crippen LogP contribution is 2.69. The molecule has 0 radical (unpaired) electrons. The van der Waals surface area contributed by atoms with Crippen LogP contribution >= 0.6 is 18.9 Å². The van der Waals surface area contributed by atoms with E-state index in [0.29, 0.717) is 33.8 Å². The molecule has 2 aromatic carbocycles. The Kier molecular flexibility index (Phi) is 13.1. The highest BCUT2D eigenvalue weighted by Gasteiger charge is 2.68. The van der Waals surface area contributed by atoms with E-state index in [1.807, 2.05) is 31.4 Å². The molecule has 2 aromatic heterocycles. The molecule has 18 heteroatoms. The fraction of sp³-hybridized carbons (Fsp3) is 0.467. The first-order chi connectivity index (χ1) is 29.9. The second-order valence-electron chi connectivity index (χ2n) is 17.7. The quantitative estimate of drug-likeness (QED) is 0.0664. The summed E-state index contributed by atoms with van der Waals surface area (Å²) in [6.45, 7) is 13.2. The van der Waals surface area contributed by atoms with E-state index < -0.39 is 60.3 Å². The first-order valence-corrected chi connectivity index (χ1v) is 23.5. The number of aromatic nitrogens is 2. The summed E-state index contributed by atoms with van der Waals surface area (Å²) >= 11 is 1.44. The fourth-order valence-corrected chi connectivity index (χ4v) is 10.8. The van der Waals surface area contributed by atoms with Crippen molar-refractivity contribution in [2.45, 2.75) is 109 Å². The minimum absolute atomic E-state index is 0.0228. The Bertz CT molecular complexity index is 2480. The number of nitrogens with zero attached hydrogens (tertiary/aromatic N) is 4. The van der Waals surface area contributed by atoms with Crippen LogP contribution in [0.3, 0.4) is 0 Å². The molecule has 1 unspecified atom stereocenters. The van der Waals surface area contributed by atoms with Crippen LogP contribution in [0.5, 0.6) is 17.2 Å². The zero-order valence-corrected chi connectivity index (χ0v) is 38.0. The minimum atomic E-state index is -4.72. The topological polar surface area (TPSA) is 214 Å². The number of carbonyl (C=O) groups is 3. The Morgan fingerprint density at radius 1 is 1.08 bits per heavy atom. The van der Waals surface area contributed by atoms with Gasteiger partial charge in [0, 0.05) is 41.3 Å². The first-order valence-electron chi connectivity index (χ1n) is 21.1. The number of carbonyl (C=O) groups excluding carboxylic acids is 3. The Hall–Kier alpha value is -5.69. The van der Waals surface area contributed by atoms with Gasteiger partial charge in [0.25, 0.3) is 0 Å². The maximum absolute atomic E-state index is 14.9. The van der Waals surface area contributed by atoms with Crippen LogP contribution in [0.2, 0.25) is 0 Å². The van der Waals surface area contributed by atoms with Crippen molar-refractivity contribution in [2.75, 3.05) is 19.0 Å². The van der Waals surface area contributed by atoms with E-state index >= 15 is 0 Å². The van der Waals surface area contributed by atoms with Crippen molar-refractivity contribution in [1.29, 1.82) is 5.26 Å². The van der Waals surface area contributed by atoms with Gasteiger partial charge in [0.05, 0.1) is 36.5 Å². The molecule has 2 saturated carbocycles. The van der Waals surface area contributed by atoms with E-state index in [1.165, 1.54) is 46.6 Å². The average Bonchev–Trinajstić information content (AvgIpc) is 3.63. The standard InChI is InChI=1S/C45H54N7O9PS/c1-8-28-22-45(28,62(56,57)61-31-15-11-12-27(18-31)23-46)51-40(53)37-20-32(24-52(37)41(54)39(44(4,5)6)50-43(55)60-29-13-9-10-14-29)59-38-21-35(36-25-63-42(49-36)47-26(2)3)48-34-19-30(58-7)16-17-33(34)38/h8,11-12,15-19,21,25-26,28-29,32,37,39H,1,9-10,13-14,20,22,24H2,2-7H3,(H,47,49)(H,50,55)(H,51,53)(H,56,57)/t28-,32-,37+,39-,45+/m1/s1. The number of fused-ring (bicyclic) bond motifs is 1. The highest BCUT2D eigenvalue weighted by atomic mass is 32.1. The van der Waals surface area contributed by atoms with E-state index in [-0.39, 0.29) is 42.8 Å². The van der Waals surface area contributed by atoms with Gasteiger partial charge >= 0.3 is 13.7 Å². The van der Waals surface area contributed by atoms with Crippen LogP contribution in [0.1, 0.15) is 78.7 Å². The van der Waals surface area contributed by atoms with E-state index in [0.717, 1.165) is 30.8 Å². The summed E-state index contributed by atoms with van der Waals surface area (Å²) in [5.74, 6) is -0.951. The Labute approximate surface area is 370 Å². The summed E-state index contributed by atoms with van der Waals surface area (Å²) in [6.07, 6.45) is 3.09. The van der Waals surface area contributed by atoms with Crippen LogP contribution in [0.4, 0.5) is 9.93 Å². The van der Waals surface area contributed by atoms with Crippen molar-refractivity contribution >= 4 is 52.9 Å². The smallest absolute Gasteiger partial charge is 0.408 e. The number of thiazole rings is 1. The monoisotopic (exact) mass is 899 g/mol. The third-order valence-corrected chi connectivity index (χ3v) is 14.4. The molecule has 6 atom stereocenters. The lowest BCUT2D eigenvalue weighted by Crippen LogP contribution is -2.58. The summed E-state index contributed by atoms with van der Waals surface area (Å²) in [5.41, 5.74) is 1.09. The summed E-state index contributed by atoms with van der Waals surface area (Å²) in [4.78, 5) is 65.5. The zero-order valence-electron chi connectivity index (χ0n) is 36.3. The van der Waals surface area contributed by atoms with Crippen LogP contribution in [-0.2, 0) is 18.9 Å². The third kappa shape index (κ3) is 9.93. The van der Waals surface area contributed by atoms with Gasteiger partial charge < -0.3 is 44.5 Å². The summed E-state index contributed by atoms with van der Waals surface area (Å²) < 4.78 is 37.8. The third-order valence-electron chi connectivity index (χ3n) is 11.6. The zero-order chi connectivity index (χ0) is 45.3. The molecule has 3 amide bonds. The van der Waals surface area contributed by atoms with E-state index in [4.69, 9.17) is 28.7 Å². The molecule has 3 heterocycles. The summed E-state index contributed by atoms with van der Waals surface area (Å²) in [5, 5.41) is 19.8. The number of pyridine rings is 1. The summed E-state index contributed by atoms with van der Waals surface area (Å²) in [7, 11) is -3.16. The second-order valence-corrected chi connectivity index (χ2v) is 20.6. The lowest BCUT2D eigenvalue weighted by molar-refractivity contribution is -0.142. The normalized spacial score (nSPS) is 22.4. The van der Waals surface area contributed by atoms with Crippen molar-refractivity contribution in [3.63, 3.8) is 0 Å². The SMILES string of the molecule is C=C[C@@H]1C[C@]1(NC(=O)[C@@H]1C[C@@H](Oc2cc(-c3csc(NC(C)C)n3)nc3cc(OC)ccc23)CN1C(=O)[C@@H](NC(=O)OC1CCCC1)C(C)(C)C)P(=O)(O)Oc1cccc(C#N)c1. The van der Waals surface area contributed by atoms with Crippen molar-refractivity contribution < 1.29 is 42.6 Å². The lowest BCUT2D eigenvalue weighted by atomic mass is 9.85. The first kappa shape index (κ1) is 45.3. The molecular weight excluding hydrogens is 846 g/mol. The Morgan fingerprint density at radius 2 is 1.84 bits per heavy atom. The maximum atomic E-state index is 14.9. The predicted molar refractivity (Wildman–Crippen MR) is 239 cm³/mol. The number of anilines is 1. The number of ether oxygens (including phenoxy) is 3. The molecule has 3 aliphatic rings. The van der Waals surface area contributed by atoms with Crippen molar-refractivity contribution in [1.82, 2.24) is 25.5 Å². The molecule has 0 spiro atoms. The van der Waals surface area contributed by atoms with Crippen molar-refractivity contribution in [3.8, 4) is 34.7 Å². The Balaban J connectivity index is 1.22. The number of benzene rings is 2. The highest BCUT2D eigenvalue weighted by molar-refractivity contribution is 7.55. The van der Waals surface area contributed by atoms with Gasteiger partial charge in [-0.25, -0.2) is 19.3 Å². The minimum Gasteiger partial charge on any atom is -0.497 e. The molecule has 3 fully saturated rings. The van der Waals surface area contributed by atoms with Crippen LogP contribution in [0.25, 0.3) is 22.3 Å². The van der Waals surface area contributed by atoms with E-state index in [9.17, 15) is 29.1 Å². The largest absolute Gasteiger partial charge is 0.497 e. The van der Waals surface area contributed by atoms with Crippen molar-refractivity contribution in [2.24, 2.45) is 11.3 Å². The second kappa shape index (κ2) is 18.2. The molecule has 334 valence electrons. The molecular formula is C45H54N7O9PS. The van der Waals surface area contributed by atoms with Gasteiger partial charge in [0.15, 0.2) is 10.4 Å². The number of rotatable bonds is 15. The van der Waals surface area contributed by atoms with Crippen LogP contribution in [-0.4, -0.2) is 86.9 Å². The van der Waals surface area contributed by atoms with E-state index in [1.54, 1.807) is 46.1 Å². The molecule has 1 saturated heterocycles. The number of hydrogen-bond acceptors (Lipinski definition) is 13. The van der Waals surface area contributed by atoms with Gasteiger partial charge in [-0.05, 0) is 81.7 Å². The molecule has 16 nitrogen and oxygen atoms in total. The lowest BCUT2D eigenvalue weighted by Gasteiger charge is -2.35. The van der Waals surface area contributed by atoms with Gasteiger partial charge in [-0.3, -0.25) is 9.59 Å². The average molecular weight is 900 g/mol. The number of nitriles is 1. The van der Waals surface area contributed by atoms with Gasteiger partial charge in [-0.1, -0.05) is 32.9 Å². The van der Waals surface area contributed by atoms with Crippen LogP contribution < -0.4 is 29.9 Å². The molecule has 4 aromatic rings. The van der Waals surface area contributed by atoms with Crippen LogP contribution in [0.15, 0.2) is 66.6 Å². The number of likely N-dealkylation sites (tertiary alicyclic amines) is 1. The number of hydrogen-bond donors (Lipinski definition) is 4. The van der Waals surface area contributed by atoms with Gasteiger partial charge in [-0.2, -0.15) is 5.26 Å². The molecule has 4 N–H and O–H groups in total. The number of amides is 3. The fourth-order valence-electron chi connectivity index (χ4n) is 8.15. The van der Waals surface area contributed by atoms with Gasteiger partial charge in [0.1, 0.15) is 47.2 Å². The van der Waals surface area contributed by atoms with Gasteiger partial charge in [0.2, 0.25) is 11.8 Å². The van der Waals surface area contributed by atoms with Gasteiger partial charge in [-0.15, -0.1) is 17.9 Å². The van der Waals surface area contributed by atoms with E-state index in [2.05, 4.69) is 22.5 Å². The molecule has 7 rings (SSSR count). The number of alkyl carbamates (subject to hydrolysis) is 1. The number of nitrogens with one attached hydrogen (secondary N) is 3. The Morgan fingerprint density at radius 3 is 2.51 bits per heavy atom. The molecule has 2 aliphatic carbocycles. The predicted octanol–water partition coefficient (Wildman–Crippen LogP) is 7.77. The number of methoxy groups -OCH3 is 1. The maximum Gasteiger partial charge on any atom is 0.408 e. The summed E-state index contributed by atoms with van der Waals surface area (Å²) in [6, 6.07) is 12.8. The van der Waals surface area contributed by atoms with Crippen LogP contribution in [0, 0.1) is 22.7 Å². The molecule has 0 bridgehead atoms.